The van der Waals surface area contributed by atoms with Crippen LogP contribution in [0.3, 0.4) is 0 Å². The third kappa shape index (κ3) is 4.81. The monoisotopic (exact) mass is 357 g/mol. The lowest BCUT2D eigenvalue weighted by atomic mass is 10.2. The number of thiophene rings is 1. The molecule has 0 aliphatic rings. The summed E-state index contributed by atoms with van der Waals surface area (Å²) in [6.07, 6.45) is 4.09. The Balaban J connectivity index is 1.44. The molecule has 7 heteroatoms. The highest BCUT2D eigenvalue weighted by Crippen LogP contribution is 2.17. The van der Waals surface area contributed by atoms with Gasteiger partial charge in [0.05, 0.1) is 11.4 Å². The van der Waals surface area contributed by atoms with Gasteiger partial charge < -0.3 is 9.73 Å². The molecule has 24 heavy (non-hydrogen) atoms. The van der Waals surface area contributed by atoms with Gasteiger partial charge in [0.2, 0.25) is 5.89 Å². The van der Waals surface area contributed by atoms with E-state index >= 15 is 0 Å². The van der Waals surface area contributed by atoms with Gasteiger partial charge in [-0.25, -0.2) is 0 Å². The van der Waals surface area contributed by atoms with Gasteiger partial charge in [-0.15, -0.1) is 21.5 Å². The maximum absolute atomic E-state index is 11.8. The quantitative estimate of drug-likeness (QED) is 0.650. The molecular formula is C17H15N3O2S2. The van der Waals surface area contributed by atoms with Gasteiger partial charge in [0, 0.05) is 5.75 Å². The standard InChI is InChI=1S/C17H15N3O2S2/c21-16(14-9-5-10-23-14)18-12-15-19-20-17(22-15)24-11-4-8-13-6-2-1-3-7-13/h1-10H,11-12H2,(H,18,21). The van der Waals surface area contributed by atoms with Crippen molar-refractivity contribution >= 4 is 35.1 Å². The number of aromatic nitrogens is 2. The zero-order chi connectivity index (χ0) is 16.6. The molecule has 2 aromatic heterocycles. The number of amides is 1. The van der Waals surface area contributed by atoms with Gasteiger partial charge in [0.1, 0.15) is 0 Å². The molecule has 0 unspecified atom stereocenters. The van der Waals surface area contributed by atoms with Crippen molar-refractivity contribution in [3.63, 3.8) is 0 Å². The zero-order valence-corrected chi connectivity index (χ0v) is 14.3. The third-order valence-electron chi connectivity index (χ3n) is 3.01. The lowest BCUT2D eigenvalue weighted by molar-refractivity contribution is 0.0951. The molecule has 5 nitrogen and oxygen atoms in total. The summed E-state index contributed by atoms with van der Waals surface area (Å²) in [6.45, 7) is 0.226. The molecule has 3 aromatic rings. The Morgan fingerprint density at radius 1 is 1.21 bits per heavy atom. The van der Waals surface area contributed by atoms with Crippen LogP contribution in [-0.2, 0) is 6.54 Å². The highest BCUT2D eigenvalue weighted by molar-refractivity contribution is 7.99. The van der Waals surface area contributed by atoms with E-state index in [1.165, 1.54) is 23.1 Å². The molecule has 2 heterocycles. The molecule has 3 rings (SSSR count). The summed E-state index contributed by atoms with van der Waals surface area (Å²) in [6, 6.07) is 13.7. The molecule has 1 amide bonds. The van der Waals surface area contributed by atoms with Gasteiger partial charge in [-0.2, -0.15) is 0 Å². The van der Waals surface area contributed by atoms with E-state index in [-0.39, 0.29) is 12.5 Å². The van der Waals surface area contributed by atoms with E-state index < -0.39 is 0 Å². The summed E-state index contributed by atoms with van der Waals surface area (Å²) in [4.78, 5) is 12.5. The molecule has 0 aliphatic carbocycles. The minimum Gasteiger partial charge on any atom is -0.414 e. The number of carbonyl (C=O) groups is 1. The molecule has 0 aliphatic heterocycles. The van der Waals surface area contributed by atoms with Gasteiger partial charge in [0.15, 0.2) is 0 Å². The number of nitrogens with one attached hydrogen (secondary N) is 1. The first-order valence-electron chi connectivity index (χ1n) is 7.30. The van der Waals surface area contributed by atoms with E-state index in [1.807, 2.05) is 53.9 Å². The van der Waals surface area contributed by atoms with Crippen molar-refractivity contribution in [2.45, 2.75) is 11.8 Å². The van der Waals surface area contributed by atoms with Crippen LogP contribution < -0.4 is 5.32 Å². The SMILES string of the molecule is O=C(NCc1nnc(SCC=Cc2ccccc2)o1)c1cccs1. The second-order valence-electron chi connectivity index (χ2n) is 4.75. The molecule has 0 radical (unpaired) electrons. The summed E-state index contributed by atoms with van der Waals surface area (Å²) < 4.78 is 5.50. The number of rotatable bonds is 7. The summed E-state index contributed by atoms with van der Waals surface area (Å²) in [5.74, 6) is 0.996. The fourth-order valence-corrected chi connectivity index (χ4v) is 3.12. The van der Waals surface area contributed by atoms with Crippen LogP contribution in [-0.4, -0.2) is 21.9 Å². The Kier molecular flexibility index (Phi) is 5.81. The Hall–Kier alpha value is -2.38. The number of hydrogen-bond acceptors (Lipinski definition) is 6. The molecule has 1 aromatic carbocycles. The van der Waals surface area contributed by atoms with Crippen molar-refractivity contribution in [1.29, 1.82) is 0 Å². The average molecular weight is 357 g/mol. The fourth-order valence-electron chi connectivity index (χ4n) is 1.89. The number of nitrogens with zero attached hydrogens (tertiary/aromatic N) is 2. The predicted molar refractivity (Wildman–Crippen MR) is 96.0 cm³/mol. The lowest BCUT2D eigenvalue weighted by Crippen LogP contribution is -2.21. The lowest BCUT2D eigenvalue weighted by Gasteiger charge is -1.98. The van der Waals surface area contributed by atoms with Crippen molar-refractivity contribution in [3.05, 3.63) is 70.3 Å². The Morgan fingerprint density at radius 2 is 2.08 bits per heavy atom. The molecular weight excluding hydrogens is 342 g/mol. The van der Waals surface area contributed by atoms with Crippen molar-refractivity contribution in [2.75, 3.05) is 5.75 Å². The number of thioether (sulfide) groups is 1. The van der Waals surface area contributed by atoms with Gasteiger partial charge >= 0.3 is 0 Å². The second-order valence-corrected chi connectivity index (χ2v) is 6.66. The highest BCUT2D eigenvalue weighted by Gasteiger charge is 2.10. The Morgan fingerprint density at radius 3 is 2.88 bits per heavy atom. The maximum Gasteiger partial charge on any atom is 0.276 e. The normalized spacial score (nSPS) is 11.0. The van der Waals surface area contributed by atoms with E-state index in [9.17, 15) is 4.79 Å². The van der Waals surface area contributed by atoms with E-state index in [0.29, 0.717) is 16.0 Å². The molecule has 0 saturated carbocycles. The van der Waals surface area contributed by atoms with Crippen molar-refractivity contribution in [1.82, 2.24) is 15.5 Å². The zero-order valence-electron chi connectivity index (χ0n) is 12.7. The fraction of sp³-hybridized carbons (Fsp3) is 0.118. The largest absolute Gasteiger partial charge is 0.414 e. The second kappa shape index (κ2) is 8.47. The smallest absolute Gasteiger partial charge is 0.276 e. The number of hydrogen-bond donors (Lipinski definition) is 1. The van der Waals surface area contributed by atoms with Gasteiger partial charge in [0.25, 0.3) is 11.1 Å². The first-order chi connectivity index (χ1) is 11.8. The van der Waals surface area contributed by atoms with Crippen LogP contribution in [0.15, 0.2) is 63.6 Å². The van der Waals surface area contributed by atoms with Crippen LogP contribution in [0.25, 0.3) is 6.08 Å². The Labute approximate surface area is 147 Å². The van der Waals surface area contributed by atoms with Crippen LogP contribution in [0.4, 0.5) is 0 Å². The molecule has 0 bridgehead atoms. The molecule has 1 N–H and O–H groups in total. The highest BCUT2D eigenvalue weighted by atomic mass is 32.2. The van der Waals surface area contributed by atoms with E-state index in [0.717, 1.165) is 11.3 Å². The minimum atomic E-state index is -0.136. The first kappa shape index (κ1) is 16.5. The van der Waals surface area contributed by atoms with E-state index in [1.54, 1.807) is 6.07 Å². The predicted octanol–water partition coefficient (Wildman–Crippen LogP) is 3.87. The van der Waals surface area contributed by atoms with Gasteiger partial charge in [-0.05, 0) is 17.0 Å². The maximum atomic E-state index is 11.8. The van der Waals surface area contributed by atoms with Crippen molar-refractivity contribution < 1.29 is 9.21 Å². The average Bonchev–Trinajstić information content (AvgIpc) is 3.29. The Bertz CT molecular complexity index is 798. The van der Waals surface area contributed by atoms with E-state index in [4.69, 9.17) is 4.42 Å². The molecule has 122 valence electrons. The van der Waals surface area contributed by atoms with Crippen LogP contribution in [0.2, 0.25) is 0 Å². The third-order valence-corrected chi connectivity index (χ3v) is 4.65. The van der Waals surface area contributed by atoms with Crippen molar-refractivity contribution in [2.24, 2.45) is 0 Å². The van der Waals surface area contributed by atoms with Gasteiger partial charge in [-0.1, -0.05) is 60.3 Å². The number of carbonyl (C=O) groups excluding carboxylic acids is 1. The molecule has 0 atom stereocenters. The van der Waals surface area contributed by atoms with Crippen LogP contribution in [0.1, 0.15) is 21.1 Å². The summed E-state index contributed by atoms with van der Waals surface area (Å²) in [5.41, 5.74) is 1.15. The summed E-state index contributed by atoms with van der Waals surface area (Å²) in [7, 11) is 0. The van der Waals surface area contributed by atoms with Crippen LogP contribution in [0.5, 0.6) is 0 Å². The molecule has 0 spiro atoms. The number of benzene rings is 1. The summed E-state index contributed by atoms with van der Waals surface area (Å²) in [5, 5.41) is 13.0. The molecule has 0 fully saturated rings. The topological polar surface area (TPSA) is 68.0 Å². The molecule has 0 saturated heterocycles. The van der Waals surface area contributed by atoms with Crippen LogP contribution in [0, 0.1) is 0 Å². The first-order valence-corrected chi connectivity index (χ1v) is 9.16. The minimum absolute atomic E-state index is 0.136. The van der Waals surface area contributed by atoms with Crippen LogP contribution >= 0.6 is 23.1 Å². The van der Waals surface area contributed by atoms with Gasteiger partial charge in [-0.3, -0.25) is 4.79 Å². The summed E-state index contributed by atoms with van der Waals surface area (Å²) >= 11 is 2.85. The van der Waals surface area contributed by atoms with Crippen molar-refractivity contribution in [3.8, 4) is 0 Å². The van der Waals surface area contributed by atoms with E-state index in [2.05, 4.69) is 15.5 Å².